The van der Waals surface area contributed by atoms with Crippen LogP contribution in [0.25, 0.3) is 0 Å². The summed E-state index contributed by atoms with van der Waals surface area (Å²) in [5.41, 5.74) is 2.09. The van der Waals surface area contributed by atoms with Crippen LogP contribution in [0.2, 0.25) is 0 Å². The molecule has 20 heavy (non-hydrogen) atoms. The first-order valence-corrected chi connectivity index (χ1v) is 7.35. The highest BCUT2D eigenvalue weighted by Gasteiger charge is 2.18. The standard InChI is InChI=1S/C16H24N2O2/c1-12(2)13-4-3-5-14(10-13)17-16(20)11-18-8-6-15(19)7-9-18/h3-5,10,12,15,19H,6-9,11H2,1-2H3,(H,17,20). The fraction of sp³-hybridized carbons (Fsp3) is 0.562. The smallest absolute Gasteiger partial charge is 0.238 e. The second-order valence-corrected chi connectivity index (χ2v) is 5.84. The lowest BCUT2D eigenvalue weighted by Crippen LogP contribution is -2.40. The molecule has 4 heteroatoms. The number of rotatable bonds is 4. The molecular formula is C16H24N2O2. The van der Waals surface area contributed by atoms with Crippen LogP contribution in [0.3, 0.4) is 0 Å². The number of carbonyl (C=O) groups is 1. The van der Waals surface area contributed by atoms with Crippen molar-refractivity contribution in [1.29, 1.82) is 0 Å². The van der Waals surface area contributed by atoms with E-state index in [1.54, 1.807) is 0 Å². The van der Waals surface area contributed by atoms with Gasteiger partial charge in [0, 0.05) is 18.8 Å². The molecule has 1 fully saturated rings. The highest BCUT2D eigenvalue weighted by Crippen LogP contribution is 2.18. The van der Waals surface area contributed by atoms with Crippen LogP contribution in [0.15, 0.2) is 24.3 Å². The molecule has 0 aromatic heterocycles. The van der Waals surface area contributed by atoms with Gasteiger partial charge in [0.15, 0.2) is 0 Å². The summed E-state index contributed by atoms with van der Waals surface area (Å²) in [4.78, 5) is 14.1. The number of anilines is 1. The largest absolute Gasteiger partial charge is 0.393 e. The maximum Gasteiger partial charge on any atom is 0.238 e. The number of nitrogens with zero attached hydrogens (tertiary/aromatic N) is 1. The first-order valence-electron chi connectivity index (χ1n) is 7.35. The number of aliphatic hydroxyl groups excluding tert-OH is 1. The van der Waals surface area contributed by atoms with E-state index in [1.165, 1.54) is 5.56 Å². The minimum atomic E-state index is -0.197. The molecule has 1 aliphatic rings. The molecule has 1 aliphatic heterocycles. The summed E-state index contributed by atoms with van der Waals surface area (Å²) in [6, 6.07) is 8.00. The lowest BCUT2D eigenvalue weighted by molar-refractivity contribution is -0.117. The molecule has 110 valence electrons. The van der Waals surface area contributed by atoms with Gasteiger partial charge in [0.2, 0.25) is 5.91 Å². The highest BCUT2D eigenvalue weighted by molar-refractivity contribution is 5.92. The Kier molecular flexibility index (Phi) is 5.15. The van der Waals surface area contributed by atoms with E-state index in [9.17, 15) is 9.90 Å². The van der Waals surface area contributed by atoms with E-state index in [0.717, 1.165) is 31.6 Å². The van der Waals surface area contributed by atoms with E-state index in [4.69, 9.17) is 0 Å². The van der Waals surface area contributed by atoms with Gasteiger partial charge in [-0.05, 0) is 36.5 Å². The zero-order valence-corrected chi connectivity index (χ0v) is 12.3. The molecule has 2 N–H and O–H groups in total. The lowest BCUT2D eigenvalue weighted by atomic mass is 10.0. The van der Waals surface area contributed by atoms with Gasteiger partial charge in [0.05, 0.1) is 12.6 Å². The van der Waals surface area contributed by atoms with E-state index in [0.29, 0.717) is 12.5 Å². The molecule has 4 nitrogen and oxygen atoms in total. The number of hydrogen-bond donors (Lipinski definition) is 2. The molecule has 0 spiro atoms. The maximum atomic E-state index is 12.0. The molecule has 1 aromatic carbocycles. The SMILES string of the molecule is CC(C)c1cccc(NC(=O)CN2CCC(O)CC2)c1. The van der Waals surface area contributed by atoms with Crippen LogP contribution >= 0.6 is 0 Å². The number of piperidine rings is 1. The summed E-state index contributed by atoms with van der Waals surface area (Å²) < 4.78 is 0. The third-order valence-electron chi connectivity index (χ3n) is 3.76. The van der Waals surface area contributed by atoms with Gasteiger partial charge < -0.3 is 10.4 Å². The Morgan fingerprint density at radius 1 is 1.40 bits per heavy atom. The number of benzene rings is 1. The third-order valence-corrected chi connectivity index (χ3v) is 3.76. The van der Waals surface area contributed by atoms with Crippen LogP contribution in [-0.2, 0) is 4.79 Å². The van der Waals surface area contributed by atoms with Crippen LogP contribution in [-0.4, -0.2) is 41.7 Å². The Morgan fingerprint density at radius 3 is 2.75 bits per heavy atom. The molecule has 1 aromatic rings. The van der Waals surface area contributed by atoms with Crippen LogP contribution in [0.5, 0.6) is 0 Å². The molecule has 0 atom stereocenters. The molecule has 1 amide bonds. The van der Waals surface area contributed by atoms with Crippen LogP contribution in [0.1, 0.15) is 38.2 Å². The second-order valence-electron chi connectivity index (χ2n) is 5.84. The first-order chi connectivity index (χ1) is 9.54. The van der Waals surface area contributed by atoms with E-state index < -0.39 is 0 Å². The Hall–Kier alpha value is -1.39. The first kappa shape index (κ1) is 15.0. The fourth-order valence-corrected chi connectivity index (χ4v) is 2.46. The minimum absolute atomic E-state index is 0.0160. The van der Waals surface area contributed by atoms with Crippen molar-refractivity contribution >= 4 is 11.6 Å². The van der Waals surface area contributed by atoms with Crippen LogP contribution in [0.4, 0.5) is 5.69 Å². The number of aliphatic hydroxyl groups is 1. The average Bonchev–Trinajstić information content (AvgIpc) is 2.41. The van der Waals surface area contributed by atoms with Gasteiger partial charge in [-0.3, -0.25) is 9.69 Å². The molecule has 0 bridgehead atoms. The van der Waals surface area contributed by atoms with Gasteiger partial charge in [-0.2, -0.15) is 0 Å². The van der Waals surface area contributed by atoms with Crippen molar-refractivity contribution in [1.82, 2.24) is 4.90 Å². The quantitative estimate of drug-likeness (QED) is 0.886. The zero-order chi connectivity index (χ0) is 14.5. The van der Waals surface area contributed by atoms with Crippen molar-refractivity contribution < 1.29 is 9.90 Å². The molecule has 0 radical (unpaired) electrons. The third kappa shape index (κ3) is 4.32. The summed E-state index contributed by atoms with van der Waals surface area (Å²) in [5.74, 6) is 0.470. The van der Waals surface area contributed by atoms with Crippen LogP contribution < -0.4 is 5.32 Å². The second kappa shape index (κ2) is 6.86. The molecule has 2 rings (SSSR count). The average molecular weight is 276 g/mol. The van der Waals surface area contributed by atoms with Gasteiger partial charge in [0.1, 0.15) is 0 Å². The number of nitrogens with one attached hydrogen (secondary N) is 1. The van der Waals surface area contributed by atoms with Crippen molar-refractivity contribution in [2.24, 2.45) is 0 Å². The Labute approximate surface area is 120 Å². The Bertz CT molecular complexity index is 452. The monoisotopic (exact) mass is 276 g/mol. The number of amides is 1. The summed E-state index contributed by atoms with van der Waals surface area (Å²) >= 11 is 0. The number of carbonyl (C=O) groups excluding carboxylic acids is 1. The van der Waals surface area contributed by atoms with Crippen molar-refractivity contribution in [2.45, 2.75) is 38.7 Å². The normalized spacial score (nSPS) is 17.4. The summed E-state index contributed by atoms with van der Waals surface area (Å²) in [5, 5.41) is 12.4. The molecule has 1 saturated heterocycles. The fourth-order valence-electron chi connectivity index (χ4n) is 2.46. The van der Waals surface area contributed by atoms with Gasteiger partial charge in [0.25, 0.3) is 0 Å². The van der Waals surface area contributed by atoms with Gasteiger partial charge in [-0.15, -0.1) is 0 Å². The maximum absolute atomic E-state index is 12.0. The molecule has 0 unspecified atom stereocenters. The number of hydrogen-bond acceptors (Lipinski definition) is 3. The van der Waals surface area contributed by atoms with Crippen LogP contribution in [0, 0.1) is 0 Å². The molecular weight excluding hydrogens is 252 g/mol. The number of likely N-dealkylation sites (tertiary alicyclic amines) is 1. The Balaban J connectivity index is 1.86. The van der Waals surface area contributed by atoms with E-state index >= 15 is 0 Å². The molecule has 0 aliphatic carbocycles. The van der Waals surface area contributed by atoms with E-state index in [1.807, 2.05) is 18.2 Å². The zero-order valence-electron chi connectivity index (χ0n) is 12.3. The van der Waals surface area contributed by atoms with Crippen molar-refractivity contribution in [3.05, 3.63) is 29.8 Å². The molecule has 0 saturated carbocycles. The topological polar surface area (TPSA) is 52.6 Å². The van der Waals surface area contributed by atoms with Crippen molar-refractivity contribution in [3.8, 4) is 0 Å². The van der Waals surface area contributed by atoms with Crippen molar-refractivity contribution in [3.63, 3.8) is 0 Å². The lowest BCUT2D eigenvalue weighted by Gasteiger charge is -2.28. The van der Waals surface area contributed by atoms with Crippen molar-refractivity contribution in [2.75, 3.05) is 25.0 Å². The summed E-state index contributed by atoms with van der Waals surface area (Å²) in [7, 11) is 0. The van der Waals surface area contributed by atoms with Gasteiger partial charge in [-0.1, -0.05) is 26.0 Å². The predicted octanol–water partition coefficient (Wildman–Crippen LogP) is 2.21. The highest BCUT2D eigenvalue weighted by atomic mass is 16.3. The summed E-state index contributed by atoms with van der Waals surface area (Å²) in [6.45, 7) is 6.26. The Morgan fingerprint density at radius 2 is 2.10 bits per heavy atom. The minimum Gasteiger partial charge on any atom is -0.393 e. The van der Waals surface area contributed by atoms with E-state index in [-0.39, 0.29) is 12.0 Å². The van der Waals surface area contributed by atoms with Gasteiger partial charge >= 0.3 is 0 Å². The summed E-state index contributed by atoms with van der Waals surface area (Å²) in [6.07, 6.45) is 1.32. The predicted molar refractivity (Wildman–Crippen MR) is 80.8 cm³/mol. The van der Waals surface area contributed by atoms with E-state index in [2.05, 4.69) is 30.1 Å². The van der Waals surface area contributed by atoms with Gasteiger partial charge in [-0.25, -0.2) is 0 Å². The molecule has 1 heterocycles.